The standard InChI is InChI=1S/C24H42O2/c1-8-9-15-18(2)20(4)22(6)23(7)21(5)19(3)16-13-11-10-12-14-17-24(25)26/h8-17H2,1-7H3,(H,25,26)/b20-18+,21-19-,23-22-. The molecule has 0 fully saturated rings. The molecule has 0 aliphatic heterocycles. The smallest absolute Gasteiger partial charge is 0.303 e. The van der Waals surface area contributed by atoms with Crippen LogP contribution >= 0.6 is 0 Å². The lowest BCUT2D eigenvalue weighted by molar-refractivity contribution is -0.137. The Hall–Kier alpha value is -1.31. The highest BCUT2D eigenvalue weighted by Crippen LogP contribution is 2.27. The lowest BCUT2D eigenvalue weighted by Gasteiger charge is -2.15. The molecule has 0 aliphatic rings. The number of carbonyl (C=O) groups is 1. The van der Waals surface area contributed by atoms with Crippen molar-refractivity contribution < 1.29 is 9.90 Å². The van der Waals surface area contributed by atoms with Gasteiger partial charge in [0.05, 0.1) is 0 Å². The second-order valence-corrected chi connectivity index (χ2v) is 7.83. The fourth-order valence-electron chi connectivity index (χ4n) is 3.22. The van der Waals surface area contributed by atoms with Gasteiger partial charge in [0, 0.05) is 6.42 Å². The Labute approximate surface area is 162 Å². The molecule has 0 amide bonds. The molecule has 0 bridgehead atoms. The van der Waals surface area contributed by atoms with E-state index >= 15 is 0 Å². The van der Waals surface area contributed by atoms with Crippen molar-refractivity contribution in [3.63, 3.8) is 0 Å². The predicted octanol–water partition coefficient (Wildman–Crippen LogP) is 8.00. The first-order chi connectivity index (χ1) is 12.2. The molecule has 0 unspecified atom stereocenters. The molecular formula is C24H42O2. The van der Waals surface area contributed by atoms with Crippen molar-refractivity contribution in [1.29, 1.82) is 0 Å². The number of hydrogen-bond donors (Lipinski definition) is 1. The van der Waals surface area contributed by atoms with E-state index in [0.717, 1.165) is 25.7 Å². The van der Waals surface area contributed by atoms with Gasteiger partial charge >= 0.3 is 5.97 Å². The third-order valence-corrected chi connectivity index (χ3v) is 5.82. The van der Waals surface area contributed by atoms with Gasteiger partial charge in [-0.3, -0.25) is 4.79 Å². The van der Waals surface area contributed by atoms with Crippen LogP contribution in [0.4, 0.5) is 0 Å². The van der Waals surface area contributed by atoms with Crippen LogP contribution in [-0.2, 0) is 4.79 Å². The van der Waals surface area contributed by atoms with Gasteiger partial charge in [-0.1, -0.05) is 43.8 Å². The third kappa shape index (κ3) is 9.99. The molecule has 0 aromatic rings. The molecule has 0 heterocycles. The van der Waals surface area contributed by atoms with E-state index in [1.165, 1.54) is 65.5 Å². The maximum absolute atomic E-state index is 10.5. The van der Waals surface area contributed by atoms with Crippen molar-refractivity contribution in [1.82, 2.24) is 0 Å². The zero-order valence-corrected chi connectivity index (χ0v) is 18.4. The molecule has 1 N–H and O–H groups in total. The second kappa shape index (κ2) is 13.8. The van der Waals surface area contributed by atoms with Gasteiger partial charge in [-0.05, 0) is 95.9 Å². The Morgan fingerprint density at radius 1 is 0.577 bits per heavy atom. The van der Waals surface area contributed by atoms with E-state index in [-0.39, 0.29) is 0 Å². The van der Waals surface area contributed by atoms with Gasteiger partial charge in [-0.2, -0.15) is 0 Å². The fraction of sp³-hybridized carbons (Fsp3) is 0.708. The Bertz CT molecular complexity index is 532. The zero-order valence-electron chi connectivity index (χ0n) is 18.4. The highest BCUT2D eigenvalue weighted by atomic mass is 16.4. The maximum Gasteiger partial charge on any atom is 0.303 e. The Kier molecular flexibility index (Phi) is 13.1. The highest BCUT2D eigenvalue weighted by molar-refractivity contribution is 5.66. The number of allylic oxidation sites excluding steroid dienone is 6. The maximum atomic E-state index is 10.5. The predicted molar refractivity (Wildman–Crippen MR) is 115 cm³/mol. The van der Waals surface area contributed by atoms with Gasteiger partial charge in [0.25, 0.3) is 0 Å². The summed E-state index contributed by atoms with van der Waals surface area (Å²) in [6.45, 7) is 15.8. The second-order valence-electron chi connectivity index (χ2n) is 7.83. The average Bonchev–Trinajstić information content (AvgIpc) is 2.62. The first-order valence-corrected chi connectivity index (χ1v) is 10.4. The normalized spacial score (nSPS) is 14.6. The van der Waals surface area contributed by atoms with Crippen LogP contribution in [-0.4, -0.2) is 11.1 Å². The summed E-state index contributed by atoms with van der Waals surface area (Å²) >= 11 is 0. The molecule has 0 saturated heterocycles. The number of unbranched alkanes of at least 4 members (excludes halogenated alkanes) is 5. The summed E-state index contributed by atoms with van der Waals surface area (Å²) in [7, 11) is 0. The molecule has 150 valence electrons. The van der Waals surface area contributed by atoms with E-state index in [9.17, 15) is 4.79 Å². The summed E-state index contributed by atoms with van der Waals surface area (Å²) in [6.07, 6.45) is 10.6. The van der Waals surface area contributed by atoms with Gasteiger partial charge in [-0.15, -0.1) is 0 Å². The van der Waals surface area contributed by atoms with Crippen LogP contribution in [0.1, 0.15) is 113 Å². The minimum Gasteiger partial charge on any atom is -0.481 e. The summed E-state index contributed by atoms with van der Waals surface area (Å²) in [4.78, 5) is 10.5. The molecule has 0 saturated carbocycles. The van der Waals surface area contributed by atoms with E-state index in [1.807, 2.05) is 0 Å². The molecule has 2 nitrogen and oxygen atoms in total. The van der Waals surface area contributed by atoms with Crippen molar-refractivity contribution in [2.45, 2.75) is 113 Å². The summed E-state index contributed by atoms with van der Waals surface area (Å²) in [5, 5.41) is 8.65. The SMILES string of the molecule is CCCC/C(C)=C(C)/C(C)=C(C)\C(C)=C(\C)CCCCCCCC(=O)O. The lowest BCUT2D eigenvalue weighted by Crippen LogP contribution is -1.95. The minimum absolute atomic E-state index is 0.311. The molecule has 0 spiro atoms. The monoisotopic (exact) mass is 362 g/mol. The van der Waals surface area contributed by atoms with Crippen molar-refractivity contribution in [3.8, 4) is 0 Å². The summed E-state index contributed by atoms with van der Waals surface area (Å²) < 4.78 is 0. The van der Waals surface area contributed by atoms with Crippen LogP contribution in [0.15, 0.2) is 33.4 Å². The van der Waals surface area contributed by atoms with Crippen LogP contribution in [0.3, 0.4) is 0 Å². The van der Waals surface area contributed by atoms with E-state index in [4.69, 9.17) is 5.11 Å². The van der Waals surface area contributed by atoms with Crippen LogP contribution in [0, 0.1) is 0 Å². The molecule has 0 aliphatic carbocycles. The van der Waals surface area contributed by atoms with E-state index in [0.29, 0.717) is 6.42 Å². The summed E-state index contributed by atoms with van der Waals surface area (Å²) in [6, 6.07) is 0. The van der Waals surface area contributed by atoms with Crippen molar-refractivity contribution >= 4 is 5.97 Å². The average molecular weight is 363 g/mol. The Balaban J connectivity index is 4.65. The first-order valence-electron chi connectivity index (χ1n) is 10.4. The van der Waals surface area contributed by atoms with Gasteiger partial charge in [0.1, 0.15) is 0 Å². The molecule has 2 heteroatoms. The fourth-order valence-corrected chi connectivity index (χ4v) is 3.22. The van der Waals surface area contributed by atoms with Crippen LogP contribution < -0.4 is 0 Å². The van der Waals surface area contributed by atoms with Crippen LogP contribution in [0.2, 0.25) is 0 Å². The number of carboxylic acids is 1. The molecule has 0 atom stereocenters. The van der Waals surface area contributed by atoms with E-state index < -0.39 is 5.97 Å². The molecule has 0 radical (unpaired) electrons. The van der Waals surface area contributed by atoms with Gasteiger partial charge in [0.2, 0.25) is 0 Å². The van der Waals surface area contributed by atoms with Crippen molar-refractivity contribution in [2.75, 3.05) is 0 Å². The van der Waals surface area contributed by atoms with E-state index in [1.54, 1.807) is 0 Å². The summed E-state index contributed by atoms with van der Waals surface area (Å²) in [5.74, 6) is -0.675. The topological polar surface area (TPSA) is 37.3 Å². The first kappa shape index (κ1) is 24.7. The van der Waals surface area contributed by atoms with E-state index in [2.05, 4.69) is 48.5 Å². The van der Waals surface area contributed by atoms with Crippen molar-refractivity contribution in [2.24, 2.45) is 0 Å². The van der Waals surface area contributed by atoms with Gasteiger partial charge in [0.15, 0.2) is 0 Å². The van der Waals surface area contributed by atoms with Gasteiger partial charge < -0.3 is 5.11 Å². The Morgan fingerprint density at radius 3 is 1.38 bits per heavy atom. The largest absolute Gasteiger partial charge is 0.481 e. The quantitative estimate of drug-likeness (QED) is 0.266. The Morgan fingerprint density at radius 2 is 0.962 bits per heavy atom. The molecule has 0 rings (SSSR count). The molecule has 0 aromatic heterocycles. The van der Waals surface area contributed by atoms with Crippen LogP contribution in [0.5, 0.6) is 0 Å². The number of carboxylic acid groups (broad SMARTS) is 1. The van der Waals surface area contributed by atoms with Crippen LogP contribution in [0.25, 0.3) is 0 Å². The van der Waals surface area contributed by atoms with Gasteiger partial charge in [-0.25, -0.2) is 0 Å². The minimum atomic E-state index is -0.675. The lowest BCUT2D eigenvalue weighted by atomic mass is 9.91. The number of hydrogen-bond acceptors (Lipinski definition) is 1. The zero-order chi connectivity index (χ0) is 20.1. The molecule has 0 aromatic carbocycles. The highest BCUT2D eigenvalue weighted by Gasteiger charge is 2.07. The van der Waals surface area contributed by atoms with Crippen molar-refractivity contribution in [3.05, 3.63) is 33.4 Å². The molecule has 26 heavy (non-hydrogen) atoms. The third-order valence-electron chi connectivity index (χ3n) is 5.82. The molecular weight excluding hydrogens is 320 g/mol. The number of aliphatic carboxylic acids is 1. The summed E-state index contributed by atoms with van der Waals surface area (Å²) in [5.41, 5.74) is 8.78. The number of rotatable bonds is 13.